The van der Waals surface area contributed by atoms with Crippen LogP contribution in [0.2, 0.25) is 0 Å². The Hall–Kier alpha value is -1.62. The second-order valence-electron chi connectivity index (χ2n) is 6.36. The van der Waals surface area contributed by atoms with Crippen LogP contribution in [0.3, 0.4) is 0 Å². The summed E-state index contributed by atoms with van der Waals surface area (Å²) < 4.78 is 0. The van der Waals surface area contributed by atoms with Gasteiger partial charge in [0, 0.05) is 36.4 Å². The van der Waals surface area contributed by atoms with Crippen LogP contribution in [-0.2, 0) is 0 Å². The highest BCUT2D eigenvalue weighted by Crippen LogP contribution is 2.18. The van der Waals surface area contributed by atoms with Crippen LogP contribution in [0.4, 0.5) is 0 Å². The molecular weight excluding hydrogens is 278 g/mol. The first-order valence-corrected chi connectivity index (χ1v) is 7.90. The summed E-state index contributed by atoms with van der Waals surface area (Å²) >= 11 is 0. The average molecular weight is 307 g/mol. The molecule has 1 rings (SSSR count). The Morgan fingerprint density at radius 2 is 1.68 bits per heavy atom. The summed E-state index contributed by atoms with van der Waals surface area (Å²) in [5.41, 5.74) is 2.59. The molecule has 0 radical (unpaired) electrons. The molecule has 0 atom stereocenters. The first kappa shape index (κ1) is 18.4. The van der Waals surface area contributed by atoms with Gasteiger partial charge in [-0.15, -0.1) is 0 Å². The molecule has 5 heteroatoms. The van der Waals surface area contributed by atoms with Crippen molar-refractivity contribution in [3.05, 3.63) is 22.5 Å². The lowest BCUT2D eigenvalue weighted by molar-refractivity contribution is 0.0934. The van der Waals surface area contributed by atoms with E-state index in [0.717, 1.165) is 17.8 Å². The summed E-state index contributed by atoms with van der Waals surface area (Å²) in [7, 11) is 0. The minimum atomic E-state index is -0.152. The molecular formula is C17H29N3O2. The number of hydrogen-bond donors (Lipinski definition) is 2. The second-order valence-corrected chi connectivity index (χ2v) is 6.36. The van der Waals surface area contributed by atoms with Crippen molar-refractivity contribution >= 4 is 11.7 Å². The minimum Gasteiger partial charge on any atom is -0.354 e. The Morgan fingerprint density at radius 1 is 1.14 bits per heavy atom. The SMILES string of the molecule is CC(=O)c1c(C)[nH]c(C(=O)NCCN(C(C)C)C(C)C)c1C. The fourth-order valence-electron chi connectivity index (χ4n) is 3.00. The molecule has 0 saturated heterocycles. The molecule has 5 nitrogen and oxygen atoms in total. The van der Waals surface area contributed by atoms with E-state index in [4.69, 9.17) is 0 Å². The van der Waals surface area contributed by atoms with Gasteiger partial charge in [-0.05, 0) is 54.0 Å². The molecule has 1 heterocycles. The largest absolute Gasteiger partial charge is 0.354 e. The van der Waals surface area contributed by atoms with E-state index in [1.807, 2.05) is 13.8 Å². The zero-order valence-electron chi connectivity index (χ0n) is 14.8. The van der Waals surface area contributed by atoms with Crippen molar-refractivity contribution in [2.45, 2.75) is 60.5 Å². The lowest BCUT2D eigenvalue weighted by Gasteiger charge is -2.30. The molecule has 0 fully saturated rings. The third-order valence-corrected chi connectivity index (χ3v) is 4.00. The van der Waals surface area contributed by atoms with Crippen LogP contribution in [0, 0.1) is 13.8 Å². The average Bonchev–Trinajstić information content (AvgIpc) is 2.68. The van der Waals surface area contributed by atoms with Crippen LogP contribution < -0.4 is 5.32 Å². The Balaban J connectivity index is 2.71. The quantitative estimate of drug-likeness (QED) is 0.761. The van der Waals surface area contributed by atoms with Crippen molar-refractivity contribution in [3.8, 4) is 0 Å². The van der Waals surface area contributed by atoms with Crippen molar-refractivity contribution < 1.29 is 9.59 Å². The summed E-state index contributed by atoms with van der Waals surface area (Å²) in [5, 5.41) is 2.94. The van der Waals surface area contributed by atoms with E-state index in [0.29, 0.717) is 29.9 Å². The summed E-state index contributed by atoms with van der Waals surface area (Å²) in [4.78, 5) is 29.3. The molecule has 0 unspecified atom stereocenters. The number of amides is 1. The summed E-state index contributed by atoms with van der Waals surface area (Å²) in [5.74, 6) is -0.170. The molecule has 124 valence electrons. The third-order valence-electron chi connectivity index (χ3n) is 4.00. The van der Waals surface area contributed by atoms with Crippen LogP contribution in [0.1, 0.15) is 66.7 Å². The van der Waals surface area contributed by atoms with Crippen molar-refractivity contribution in [2.75, 3.05) is 13.1 Å². The lowest BCUT2D eigenvalue weighted by Crippen LogP contribution is -2.42. The number of aromatic nitrogens is 1. The van der Waals surface area contributed by atoms with Crippen molar-refractivity contribution in [1.29, 1.82) is 0 Å². The molecule has 2 N–H and O–H groups in total. The monoisotopic (exact) mass is 307 g/mol. The molecule has 1 aromatic rings. The number of Topliss-reactive ketones (excluding diaryl/α,β-unsaturated/α-hetero) is 1. The number of hydrogen-bond acceptors (Lipinski definition) is 3. The van der Waals surface area contributed by atoms with Gasteiger partial charge in [-0.2, -0.15) is 0 Å². The van der Waals surface area contributed by atoms with Gasteiger partial charge >= 0.3 is 0 Å². The highest BCUT2D eigenvalue weighted by Gasteiger charge is 2.20. The molecule has 0 saturated carbocycles. The minimum absolute atomic E-state index is 0.0175. The van der Waals surface area contributed by atoms with E-state index in [2.05, 4.69) is 42.9 Å². The normalized spacial score (nSPS) is 11.5. The molecule has 22 heavy (non-hydrogen) atoms. The van der Waals surface area contributed by atoms with Gasteiger partial charge in [0.15, 0.2) is 5.78 Å². The van der Waals surface area contributed by atoms with E-state index in [-0.39, 0.29) is 11.7 Å². The molecule has 0 aliphatic heterocycles. The first-order chi connectivity index (χ1) is 10.2. The Labute approximate surface area is 133 Å². The number of carbonyl (C=O) groups excluding carboxylic acids is 2. The van der Waals surface area contributed by atoms with Gasteiger partial charge in [0.25, 0.3) is 5.91 Å². The predicted octanol–water partition coefficient (Wildman–Crippen LogP) is 2.68. The number of nitrogens with zero attached hydrogens (tertiary/aromatic N) is 1. The van der Waals surface area contributed by atoms with Gasteiger partial charge < -0.3 is 10.3 Å². The van der Waals surface area contributed by atoms with Crippen LogP contribution in [0.25, 0.3) is 0 Å². The van der Waals surface area contributed by atoms with Gasteiger partial charge in [-0.25, -0.2) is 0 Å². The predicted molar refractivity (Wildman–Crippen MR) is 89.6 cm³/mol. The van der Waals surface area contributed by atoms with Crippen molar-refractivity contribution in [2.24, 2.45) is 0 Å². The van der Waals surface area contributed by atoms with E-state index >= 15 is 0 Å². The smallest absolute Gasteiger partial charge is 0.268 e. The second kappa shape index (κ2) is 7.58. The number of ketones is 1. The molecule has 1 aromatic heterocycles. The van der Waals surface area contributed by atoms with E-state index in [1.165, 1.54) is 6.92 Å². The van der Waals surface area contributed by atoms with Crippen LogP contribution in [-0.4, -0.2) is 46.7 Å². The zero-order valence-corrected chi connectivity index (χ0v) is 14.8. The molecule has 0 aliphatic rings. The maximum absolute atomic E-state index is 12.3. The number of carbonyl (C=O) groups is 2. The van der Waals surface area contributed by atoms with Gasteiger partial charge in [0.05, 0.1) is 0 Å². The van der Waals surface area contributed by atoms with E-state index in [1.54, 1.807) is 0 Å². The molecule has 0 bridgehead atoms. The number of aromatic amines is 1. The highest BCUT2D eigenvalue weighted by atomic mass is 16.2. The maximum atomic E-state index is 12.3. The van der Waals surface area contributed by atoms with Gasteiger partial charge in [0.1, 0.15) is 5.69 Å². The fourth-order valence-corrected chi connectivity index (χ4v) is 3.00. The van der Waals surface area contributed by atoms with Gasteiger partial charge in [0.2, 0.25) is 0 Å². The molecule has 0 aromatic carbocycles. The topological polar surface area (TPSA) is 65.2 Å². The Morgan fingerprint density at radius 3 is 2.09 bits per heavy atom. The number of aryl methyl sites for hydroxylation is 1. The number of H-pyrrole nitrogens is 1. The van der Waals surface area contributed by atoms with Crippen molar-refractivity contribution in [3.63, 3.8) is 0 Å². The molecule has 0 aliphatic carbocycles. The standard InChI is InChI=1S/C17H29N3O2/c1-10(2)20(11(3)4)9-8-18-17(22)16-12(5)15(14(7)21)13(6)19-16/h10-11,19H,8-9H2,1-7H3,(H,18,22). The Kier molecular flexibility index (Phi) is 6.35. The highest BCUT2D eigenvalue weighted by molar-refractivity contribution is 6.02. The molecule has 0 spiro atoms. The summed E-state index contributed by atoms with van der Waals surface area (Å²) in [6, 6.07) is 0.881. The summed E-state index contributed by atoms with van der Waals surface area (Å²) in [6.07, 6.45) is 0. The first-order valence-electron chi connectivity index (χ1n) is 7.90. The van der Waals surface area contributed by atoms with Gasteiger partial charge in [-0.3, -0.25) is 14.5 Å². The van der Waals surface area contributed by atoms with Crippen LogP contribution >= 0.6 is 0 Å². The Bertz CT molecular complexity index is 536. The van der Waals surface area contributed by atoms with Gasteiger partial charge in [-0.1, -0.05) is 0 Å². The van der Waals surface area contributed by atoms with E-state index < -0.39 is 0 Å². The zero-order chi connectivity index (χ0) is 17.0. The number of nitrogens with one attached hydrogen (secondary N) is 2. The van der Waals surface area contributed by atoms with Crippen LogP contribution in [0.15, 0.2) is 0 Å². The van der Waals surface area contributed by atoms with Crippen molar-refractivity contribution in [1.82, 2.24) is 15.2 Å². The van der Waals surface area contributed by atoms with E-state index in [9.17, 15) is 9.59 Å². The number of rotatable bonds is 7. The third kappa shape index (κ3) is 4.19. The molecule has 1 amide bonds. The maximum Gasteiger partial charge on any atom is 0.268 e. The summed E-state index contributed by atoms with van der Waals surface area (Å²) in [6.45, 7) is 15.1. The lowest BCUT2D eigenvalue weighted by atomic mass is 10.1. The fraction of sp³-hybridized carbons (Fsp3) is 0.647. The van der Waals surface area contributed by atoms with Crippen LogP contribution in [0.5, 0.6) is 0 Å².